The summed E-state index contributed by atoms with van der Waals surface area (Å²) in [6, 6.07) is 146. The standard InChI is InChI=1S/C90H64N2Si2/c1-9-32-65(33-10-1)67-36-27-38-69(62-67)78-53-29-54-79(70-39-28-37-68(63-70)66-34-11-2-12-35-66)90(78)92-83-61-60-71(64-81(83)89-85(92)57-31-59-87(89)94(75-46-19-6-20-47-75,76-48-21-7-22-49-76)77-50-23-8-24-51-77)91-82-55-26-25-52-80(82)88-84(91)56-30-58-86(88)93(72-40-13-3-14-41-72,73-42-15-4-16-43-73)74-44-17-5-18-45-74/h1-64H. The zero-order chi connectivity index (χ0) is 62.4. The summed E-state index contributed by atoms with van der Waals surface area (Å²) in [5.41, 5.74) is 16.1. The Morgan fingerprint density at radius 2 is 0.500 bits per heavy atom. The van der Waals surface area contributed by atoms with Crippen molar-refractivity contribution >= 4 is 101 Å². The summed E-state index contributed by atoms with van der Waals surface area (Å²) in [4.78, 5) is 0. The highest BCUT2D eigenvalue weighted by molar-refractivity contribution is 7.21. The topological polar surface area (TPSA) is 9.86 Å². The van der Waals surface area contributed by atoms with Crippen molar-refractivity contribution in [2.45, 2.75) is 0 Å². The zero-order valence-electron chi connectivity index (χ0n) is 51.8. The quantitative estimate of drug-likeness (QED) is 0.0759. The van der Waals surface area contributed by atoms with E-state index in [2.05, 4.69) is 397 Å². The van der Waals surface area contributed by atoms with Crippen LogP contribution in [-0.4, -0.2) is 25.3 Å². The number of hydrogen-bond donors (Lipinski definition) is 0. The summed E-state index contributed by atoms with van der Waals surface area (Å²) in [5.74, 6) is 0. The Balaban J connectivity index is 1.02. The first-order valence-electron chi connectivity index (χ1n) is 32.6. The Hall–Kier alpha value is -11.7. The third-order valence-corrected chi connectivity index (χ3v) is 29.2. The Bertz CT molecular complexity index is 5280. The molecule has 0 amide bonds. The molecular weight excluding hydrogens is 1170 g/mol. The predicted octanol–water partition coefficient (Wildman–Crippen LogP) is 17.3. The van der Waals surface area contributed by atoms with Gasteiger partial charge in [-0.3, -0.25) is 0 Å². The molecule has 0 saturated heterocycles. The molecule has 0 radical (unpaired) electrons. The maximum Gasteiger partial charge on any atom is 0.180 e. The molecule has 15 aromatic carbocycles. The summed E-state index contributed by atoms with van der Waals surface area (Å²) in [7, 11) is -6.26. The van der Waals surface area contributed by atoms with Crippen molar-refractivity contribution in [3.8, 4) is 55.9 Å². The van der Waals surface area contributed by atoms with Crippen molar-refractivity contribution in [1.82, 2.24) is 9.13 Å². The highest BCUT2D eigenvalue weighted by atomic mass is 28.3. The number of nitrogens with zero attached hydrogens (tertiary/aromatic N) is 2. The Morgan fingerprint density at radius 3 is 0.926 bits per heavy atom. The van der Waals surface area contributed by atoms with Crippen LogP contribution in [0.3, 0.4) is 0 Å². The second-order valence-corrected chi connectivity index (χ2v) is 32.1. The van der Waals surface area contributed by atoms with Crippen LogP contribution >= 0.6 is 0 Å². The van der Waals surface area contributed by atoms with E-state index < -0.39 is 16.1 Å². The first kappa shape index (κ1) is 56.3. The molecule has 0 saturated carbocycles. The molecule has 0 aliphatic heterocycles. The molecule has 17 rings (SSSR count). The van der Waals surface area contributed by atoms with Crippen LogP contribution in [0.1, 0.15) is 0 Å². The Labute approximate surface area is 550 Å². The second-order valence-electron chi connectivity index (χ2n) is 24.6. The van der Waals surface area contributed by atoms with E-state index >= 15 is 0 Å². The molecule has 94 heavy (non-hydrogen) atoms. The predicted molar refractivity (Wildman–Crippen MR) is 404 cm³/mol. The molecule has 2 aromatic heterocycles. The van der Waals surface area contributed by atoms with Gasteiger partial charge < -0.3 is 9.13 Å². The van der Waals surface area contributed by atoms with Gasteiger partial charge in [0.1, 0.15) is 0 Å². The fourth-order valence-corrected chi connectivity index (χ4v) is 25.7. The second kappa shape index (κ2) is 23.9. The largest absolute Gasteiger partial charge is 0.309 e. The molecule has 0 N–H and O–H groups in total. The summed E-state index contributed by atoms with van der Waals surface area (Å²) in [5, 5.41) is 15.6. The zero-order valence-corrected chi connectivity index (χ0v) is 53.8. The van der Waals surface area contributed by atoms with Crippen molar-refractivity contribution < 1.29 is 0 Å². The summed E-state index contributed by atoms with van der Waals surface area (Å²) in [6.07, 6.45) is 0. The van der Waals surface area contributed by atoms with E-state index in [-0.39, 0.29) is 0 Å². The first-order valence-corrected chi connectivity index (χ1v) is 36.6. The molecule has 0 aliphatic rings. The van der Waals surface area contributed by atoms with E-state index in [0.717, 1.165) is 50.2 Å². The van der Waals surface area contributed by atoms with Gasteiger partial charge in [0.2, 0.25) is 0 Å². The normalized spacial score (nSPS) is 11.8. The number of benzene rings is 15. The average molecular weight is 1230 g/mol. The van der Waals surface area contributed by atoms with Gasteiger partial charge in [-0.05, 0) is 123 Å². The van der Waals surface area contributed by atoms with Crippen molar-refractivity contribution in [3.05, 3.63) is 388 Å². The van der Waals surface area contributed by atoms with Crippen LogP contribution in [0, 0.1) is 0 Å². The van der Waals surface area contributed by atoms with E-state index in [9.17, 15) is 0 Å². The highest BCUT2D eigenvalue weighted by Crippen LogP contribution is 2.44. The average Bonchev–Trinajstić information content (AvgIpc) is 1.45. The molecule has 4 heteroatoms. The number of aromatic nitrogens is 2. The van der Waals surface area contributed by atoms with Crippen LogP contribution < -0.4 is 41.5 Å². The van der Waals surface area contributed by atoms with E-state index in [4.69, 9.17) is 0 Å². The van der Waals surface area contributed by atoms with Gasteiger partial charge in [0.15, 0.2) is 16.1 Å². The molecule has 2 heterocycles. The molecule has 0 atom stereocenters. The van der Waals surface area contributed by atoms with Crippen LogP contribution in [-0.2, 0) is 0 Å². The molecule has 0 aliphatic carbocycles. The molecule has 17 aromatic rings. The Morgan fingerprint density at radius 1 is 0.191 bits per heavy atom. The van der Waals surface area contributed by atoms with Crippen LogP contribution in [0.4, 0.5) is 0 Å². The minimum Gasteiger partial charge on any atom is -0.309 e. The van der Waals surface area contributed by atoms with Crippen LogP contribution in [0.2, 0.25) is 0 Å². The van der Waals surface area contributed by atoms with Crippen molar-refractivity contribution in [1.29, 1.82) is 0 Å². The van der Waals surface area contributed by atoms with Crippen LogP contribution in [0.15, 0.2) is 388 Å². The minimum atomic E-state index is -3.23. The summed E-state index contributed by atoms with van der Waals surface area (Å²) in [6.45, 7) is 0. The molecular formula is C90H64N2Si2. The van der Waals surface area contributed by atoms with Gasteiger partial charge in [0, 0.05) is 38.4 Å². The molecule has 0 fully saturated rings. The summed E-state index contributed by atoms with van der Waals surface area (Å²) >= 11 is 0. The smallest absolute Gasteiger partial charge is 0.180 e. The fraction of sp³-hybridized carbons (Fsp3) is 0. The molecule has 442 valence electrons. The maximum absolute atomic E-state index is 3.23. The molecule has 0 bridgehead atoms. The van der Waals surface area contributed by atoms with Gasteiger partial charge in [-0.15, -0.1) is 0 Å². The van der Waals surface area contributed by atoms with E-state index in [0.29, 0.717) is 0 Å². The van der Waals surface area contributed by atoms with Gasteiger partial charge in [0.25, 0.3) is 0 Å². The molecule has 0 spiro atoms. The number of hydrogen-bond acceptors (Lipinski definition) is 0. The number of para-hydroxylation sites is 2. The van der Waals surface area contributed by atoms with Crippen molar-refractivity contribution in [3.63, 3.8) is 0 Å². The maximum atomic E-state index is 2.64. The van der Waals surface area contributed by atoms with Crippen molar-refractivity contribution in [2.75, 3.05) is 0 Å². The first-order chi connectivity index (χ1) is 46.7. The third-order valence-electron chi connectivity index (χ3n) is 19.6. The van der Waals surface area contributed by atoms with E-state index in [1.165, 1.54) is 90.8 Å². The van der Waals surface area contributed by atoms with Crippen LogP contribution in [0.5, 0.6) is 0 Å². The van der Waals surface area contributed by atoms with Gasteiger partial charge >= 0.3 is 0 Å². The van der Waals surface area contributed by atoms with Crippen LogP contribution in [0.25, 0.3) is 99.5 Å². The molecule has 0 unspecified atom stereocenters. The minimum absolute atomic E-state index is 1.10. The number of rotatable bonds is 14. The fourth-order valence-electron chi connectivity index (χ4n) is 15.7. The highest BCUT2D eigenvalue weighted by Gasteiger charge is 2.45. The van der Waals surface area contributed by atoms with Crippen molar-refractivity contribution in [2.24, 2.45) is 0 Å². The number of fused-ring (bicyclic) bond motifs is 6. The van der Waals surface area contributed by atoms with Gasteiger partial charge in [-0.25, -0.2) is 0 Å². The van der Waals surface area contributed by atoms with Gasteiger partial charge in [0.05, 0.1) is 27.8 Å². The monoisotopic (exact) mass is 1230 g/mol. The SMILES string of the molecule is c1ccc(-c2cccc(-c3cccc(-c4cccc(-c5ccccc5)c4)c3-n3c4ccc(-n5c6ccccc6c6c([Si](c7ccccc7)(c7ccccc7)c7ccccc7)cccc65)cc4c4c([Si](c5ccccc5)(c5ccccc5)c5ccccc5)cccc43)c2)cc1. The van der Waals surface area contributed by atoms with E-state index in [1.54, 1.807) is 0 Å². The Kier molecular flexibility index (Phi) is 14.3. The lowest BCUT2D eigenvalue weighted by atomic mass is 9.92. The van der Waals surface area contributed by atoms with E-state index in [1.807, 2.05) is 0 Å². The molecule has 2 nitrogen and oxygen atoms in total. The summed E-state index contributed by atoms with van der Waals surface area (Å²) < 4.78 is 5.20. The third kappa shape index (κ3) is 9.21. The van der Waals surface area contributed by atoms with Gasteiger partial charge in [-0.1, -0.05) is 340 Å². The lowest BCUT2D eigenvalue weighted by Gasteiger charge is -2.35. The van der Waals surface area contributed by atoms with Gasteiger partial charge in [-0.2, -0.15) is 0 Å². The lowest BCUT2D eigenvalue weighted by molar-refractivity contribution is 1.17. The lowest BCUT2D eigenvalue weighted by Crippen LogP contribution is -2.74.